The summed E-state index contributed by atoms with van der Waals surface area (Å²) in [6, 6.07) is 3.25. The van der Waals surface area contributed by atoms with E-state index in [0.717, 1.165) is 12.1 Å². The van der Waals surface area contributed by atoms with Crippen LogP contribution in [0.2, 0.25) is 0 Å². The number of benzene rings is 1. The molecule has 0 aliphatic heterocycles. The maximum Gasteiger partial charge on any atom is 0.262 e. The molecular weight excluding hydrogens is 351 g/mol. The summed E-state index contributed by atoms with van der Waals surface area (Å²) in [6.07, 6.45) is 2.91. The van der Waals surface area contributed by atoms with Crippen LogP contribution in [0.3, 0.4) is 0 Å². The smallest absolute Gasteiger partial charge is 0.262 e. The van der Waals surface area contributed by atoms with Crippen molar-refractivity contribution in [3.8, 4) is 5.75 Å². The number of nitrogens with one attached hydrogen (secondary N) is 2. The van der Waals surface area contributed by atoms with Crippen LogP contribution in [-0.4, -0.2) is 37.8 Å². The molecule has 10 heteroatoms. The molecule has 0 bridgehead atoms. The average Bonchev–Trinajstić information content (AvgIpc) is 3.01. The Morgan fingerprint density at radius 3 is 2.68 bits per heavy atom. The summed E-state index contributed by atoms with van der Waals surface area (Å²) in [5, 5.41) is 6.36. The quantitative estimate of drug-likeness (QED) is 0.769. The fourth-order valence-corrected chi connectivity index (χ4v) is 2.91. The Hall–Kier alpha value is -2.62. The summed E-state index contributed by atoms with van der Waals surface area (Å²) >= 11 is 0. The van der Waals surface area contributed by atoms with Crippen molar-refractivity contribution in [2.75, 3.05) is 18.4 Å². The van der Waals surface area contributed by atoms with Gasteiger partial charge in [0.1, 0.15) is 0 Å². The number of aromatic nitrogens is 2. The number of carbonyl (C=O) groups excluding carboxylic acids is 1. The highest BCUT2D eigenvalue weighted by atomic mass is 32.2. The minimum atomic E-state index is -3.98. The van der Waals surface area contributed by atoms with Gasteiger partial charge < -0.3 is 10.1 Å². The lowest BCUT2D eigenvalue weighted by molar-refractivity contribution is -0.122. The number of amides is 1. The van der Waals surface area contributed by atoms with Crippen LogP contribution in [0.25, 0.3) is 0 Å². The van der Waals surface area contributed by atoms with Gasteiger partial charge in [-0.25, -0.2) is 12.8 Å². The standard InChI is InChI=1S/C15H19FN4O4S/c1-10(2)20-8-11(7-18-20)19-25(22,23)12-4-5-14(13(16)6-12)24-9-15(21)17-3/h4-8,10,19H,9H2,1-3H3,(H,17,21). The minimum Gasteiger partial charge on any atom is -0.481 e. The van der Waals surface area contributed by atoms with E-state index in [2.05, 4.69) is 15.1 Å². The molecule has 2 N–H and O–H groups in total. The first kappa shape index (κ1) is 18.7. The fourth-order valence-electron chi connectivity index (χ4n) is 1.87. The van der Waals surface area contributed by atoms with Gasteiger partial charge in [0.25, 0.3) is 15.9 Å². The molecule has 1 aromatic carbocycles. The molecule has 0 saturated heterocycles. The van der Waals surface area contributed by atoms with Crippen molar-refractivity contribution in [2.24, 2.45) is 0 Å². The van der Waals surface area contributed by atoms with Crippen molar-refractivity contribution in [3.05, 3.63) is 36.4 Å². The van der Waals surface area contributed by atoms with Gasteiger partial charge in [-0.05, 0) is 32.0 Å². The largest absolute Gasteiger partial charge is 0.481 e. The van der Waals surface area contributed by atoms with Crippen LogP contribution in [0.1, 0.15) is 19.9 Å². The van der Waals surface area contributed by atoms with Crippen molar-refractivity contribution >= 4 is 21.6 Å². The molecule has 0 radical (unpaired) electrons. The first-order valence-electron chi connectivity index (χ1n) is 7.43. The summed E-state index contributed by atoms with van der Waals surface area (Å²) in [5.41, 5.74) is 0.272. The summed E-state index contributed by atoms with van der Waals surface area (Å²) in [5.74, 6) is -1.53. The first-order valence-corrected chi connectivity index (χ1v) is 8.91. The molecule has 0 unspecified atom stereocenters. The van der Waals surface area contributed by atoms with Gasteiger partial charge in [-0.2, -0.15) is 5.10 Å². The summed E-state index contributed by atoms with van der Waals surface area (Å²) in [7, 11) is -2.56. The van der Waals surface area contributed by atoms with E-state index in [9.17, 15) is 17.6 Å². The molecule has 1 amide bonds. The molecule has 1 aromatic heterocycles. The summed E-state index contributed by atoms with van der Waals surface area (Å²) in [6.45, 7) is 3.43. The first-order chi connectivity index (χ1) is 11.7. The second-order valence-electron chi connectivity index (χ2n) is 5.46. The predicted molar refractivity (Wildman–Crippen MR) is 89.4 cm³/mol. The van der Waals surface area contributed by atoms with Gasteiger partial charge in [-0.15, -0.1) is 0 Å². The molecule has 25 heavy (non-hydrogen) atoms. The van der Waals surface area contributed by atoms with E-state index in [-0.39, 0.29) is 29.0 Å². The van der Waals surface area contributed by atoms with Crippen LogP contribution in [0.4, 0.5) is 10.1 Å². The van der Waals surface area contributed by atoms with E-state index in [0.29, 0.717) is 0 Å². The minimum absolute atomic E-state index is 0.0763. The van der Waals surface area contributed by atoms with E-state index >= 15 is 0 Å². The van der Waals surface area contributed by atoms with Crippen molar-refractivity contribution in [3.63, 3.8) is 0 Å². The summed E-state index contributed by atoms with van der Waals surface area (Å²) < 4.78 is 47.6. The van der Waals surface area contributed by atoms with Crippen LogP contribution in [0.5, 0.6) is 5.75 Å². The Balaban J connectivity index is 2.15. The zero-order valence-corrected chi connectivity index (χ0v) is 14.8. The van der Waals surface area contributed by atoms with Crippen LogP contribution in [0, 0.1) is 5.82 Å². The highest BCUT2D eigenvalue weighted by molar-refractivity contribution is 7.92. The van der Waals surface area contributed by atoms with E-state index < -0.39 is 21.7 Å². The molecule has 0 atom stereocenters. The van der Waals surface area contributed by atoms with Crippen LogP contribution in [-0.2, 0) is 14.8 Å². The maximum absolute atomic E-state index is 14.0. The number of sulfonamides is 1. The third-order valence-electron chi connectivity index (χ3n) is 3.23. The molecule has 0 spiro atoms. The number of carbonyl (C=O) groups is 1. The number of likely N-dealkylation sites (N-methyl/N-ethyl adjacent to an activating group) is 1. The van der Waals surface area contributed by atoms with E-state index in [4.69, 9.17) is 4.74 Å². The lowest BCUT2D eigenvalue weighted by Gasteiger charge is -2.09. The number of rotatable bonds is 7. The average molecular weight is 370 g/mol. The highest BCUT2D eigenvalue weighted by Gasteiger charge is 2.18. The zero-order chi connectivity index (χ0) is 18.6. The number of hydrogen-bond acceptors (Lipinski definition) is 5. The molecule has 0 aliphatic carbocycles. The second kappa shape index (κ2) is 7.51. The number of nitrogens with zero attached hydrogens (tertiary/aromatic N) is 2. The molecule has 2 rings (SSSR count). The third kappa shape index (κ3) is 4.69. The number of hydrogen-bond donors (Lipinski definition) is 2. The lowest BCUT2D eigenvalue weighted by Crippen LogP contribution is -2.25. The zero-order valence-electron chi connectivity index (χ0n) is 14.0. The fraction of sp³-hybridized carbons (Fsp3) is 0.333. The van der Waals surface area contributed by atoms with Crippen LogP contribution >= 0.6 is 0 Å². The molecule has 0 saturated carbocycles. The SMILES string of the molecule is CNC(=O)COc1ccc(S(=O)(=O)Nc2cnn(C(C)C)c2)cc1F. The third-order valence-corrected chi connectivity index (χ3v) is 4.61. The van der Waals surface area contributed by atoms with Gasteiger partial charge in [0.2, 0.25) is 0 Å². The van der Waals surface area contributed by atoms with E-state index in [1.54, 1.807) is 10.9 Å². The van der Waals surface area contributed by atoms with Crippen molar-refractivity contribution in [1.82, 2.24) is 15.1 Å². The topological polar surface area (TPSA) is 102 Å². The molecule has 2 aromatic rings. The molecular formula is C15H19FN4O4S. The Labute approximate surface area is 145 Å². The van der Waals surface area contributed by atoms with Gasteiger partial charge in [0.15, 0.2) is 18.2 Å². The normalized spacial score (nSPS) is 11.4. The maximum atomic E-state index is 14.0. The van der Waals surface area contributed by atoms with Crippen LogP contribution < -0.4 is 14.8 Å². The van der Waals surface area contributed by atoms with Gasteiger partial charge in [0.05, 0.1) is 16.8 Å². The molecule has 1 heterocycles. The Morgan fingerprint density at radius 2 is 2.12 bits per heavy atom. The molecule has 0 aliphatic rings. The summed E-state index contributed by atoms with van der Waals surface area (Å²) in [4.78, 5) is 10.8. The molecule has 0 fully saturated rings. The number of anilines is 1. The Kier molecular flexibility index (Phi) is 5.62. The van der Waals surface area contributed by atoms with Gasteiger partial charge in [0, 0.05) is 19.3 Å². The van der Waals surface area contributed by atoms with Crippen LogP contribution in [0.15, 0.2) is 35.5 Å². The van der Waals surface area contributed by atoms with E-state index in [1.165, 1.54) is 19.3 Å². The van der Waals surface area contributed by atoms with Crippen molar-refractivity contribution < 1.29 is 22.3 Å². The van der Waals surface area contributed by atoms with Crippen molar-refractivity contribution in [1.29, 1.82) is 0 Å². The van der Waals surface area contributed by atoms with Crippen molar-refractivity contribution in [2.45, 2.75) is 24.8 Å². The number of ether oxygens (including phenoxy) is 1. The van der Waals surface area contributed by atoms with E-state index in [1.807, 2.05) is 13.8 Å². The Bertz CT molecular complexity index is 864. The highest BCUT2D eigenvalue weighted by Crippen LogP contribution is 2.23. The second-order valence-corrected chi connectivity index (χ2v) is 7.14. The van der Waals surface area contributed by atoms with Gasteiger partial charge in [-0.1, -0.05) is 0 Å². The molecule has 8 nitrogen and oxygen atoms in total. The van der Waals surface area contributed by atoms with Gasteiger partial charge in [-0.3, -0.25) is 14.2 Å². The molecule has 136 valence electrons. The predicted octanol–water partition coefficient (Wildman–Crippen LogP) is 1.53. The number of halogens is 1. The lowest BCUT2D eigenvalue weighted by atomic mass is 10.3. The van der Waals surface area contributed by atoms with Gasteiger partial charge >= 0.3 is 0 Å². The monoisotopic (exact) mass is 370 g/mol. The Morgan fingerprint density at radius 1 is 1.40 bits per heavy atom.